The van der Waals surface area contributed by atoms with E-state index in [0.29, 0.717) is 18.5 Å². The van der Waals surface area contributed by atoms with Crippen LogP contribution < -0.4 is 10.6 Å². The zero-order valence-electron chi connectivity index (χ0n) is 25.4. The Balaban J connectivity index is 1.13. The predicted octanol–water partition coefficient (Wildman–Crippen LogP) is 5.85. The van der Waals surface area contributed by atoms with Crippen molar-refractivity contribution in [1.82, 2.24) is 20.5 Å². The fourth-order valence-electron chi connectivity index (χ4n) is 7.64. The molecule has 2 aliphatic rings. The van der Waals surface area contributed by atoms with Crippen LogP contribution in [0.1, 0.15) is 40.7 Å². The molecule has 2 fully saturated rings. The van der Waals surface area contributed by atoms with Crippen molar-refractivity contribution in [3.8, 4) is 0 Å². The molecule has 2 saturated carbocycles. The summed E-state index contributed by atoms with van der Waals surface area (Å²) < 4.78 is 0. The smallest absolute Gasteiger partial charge is 0.253 e. The Bertz CT molecular complexity index is 1870. The lowest BCUT2D eigenvalue weighted by molar-refractivity contribution is -0.137. The second-order valence-corrected chi connectivity index (χ2v) is 12.7. The van der Waals surface area contributed by atoms with Crippen LogP contribution in [0.3, 0.4) is 0 Å². The van der Waals surface area contributed by atoms with Gasteiger partial charge in [0.05, 0.1) is 11.5 Å². The van der Waals surface area contributed by atoms with Crippen molar-refractivity contribution in [2.45, 2.75) is 44.3 Å². The molecule has 3 N–H and O–H groups in total. The van der Waals surface area contributed by atoms with Gasteiger partial charge in [0.15, 0.2) is 0 Å². The molecule has 0 spiro atoms. The van der Waals surface area contributed by atoms with E-state index in [2.05, 4.69) is 39.9 Å². The molecule has 3 amide bonds. The van der Waals surface area contributed by atoms with E-state index >= 15 is 0 Å². The summed E-state index contributed by atoms with van der Waals surface area (Å²) in [5.41, 5.74) is 3.49. The van der Waals surface area contributed by atoms with Gasteiger partial charge in [-0.15, -0.1) is 0 Å². The van der Waals surface area contributed by atoms with Crippen LogP contribution in [-0.4, -0.2) is 46.7 Å². The van der Waals surface area contributed by atoms with Gasteiger partial charge in [0, 0.05) is 43.2 Å². The Kier molecular flexibility index (Phi) is 7.84. The summed E-state index contributed by atoms with van der Waals surface area (Å²) in [4.78, 5) is 46.6. The average molecular weight is 599 g/mol. The molecule has 5 aromatic rings. The van der Waals surface area contributed by atoms with Crippen molar-refractivity contribution in [1.29, 1.82) is 0 Å². The first kappa shape index (κ1) is 28.8. The molecule has 228 valence electrons. The molecule has 0 saturated heterocycles. The second-order valence-electron chi connectivity index (χ2n) is 12.7. The number of benzene rings is 4. The lowest BCUT2D eigenvalue weighted by Crippen LogP contribution is -2.55. The normalized spacial score (nSPS) is 21.1. The first-order chi connectivity index (χ1) is 21.9. The lowest BCUT2D eigenvalue weighted by atomic mass is 9.83. The monoisotopic (exact) mass is 598 g/mol. The zero-order valence-corrected chi connectivity index (χ0v) is 25.4. The maximum atomic E-state index is 14.2. The maximum Gasteiger partial charge on any atom is 0.253 e. The fourth-order valence-corrected chi connectivity index (χ4v) is 7.64. The van der Waals surface area contributed by atoms with Crippen LogP contribution in [0.5, 0.6) is 0 Å². The van der Waals surface area contributed by atoms with Crippen molar-refractivity contribution in [3.63, 3.8) is 0 Å². The Morgan fingerprint density at radius 3 is 2.42 bits per heavy atom. The molecule has 0 radical (unpaired) electrons. The van der Waals surface area contributed by atoms with Gasteiger partial charge in [0.1, 0.15) is 6.04 Å². The van der Waals surface area contributed by atoms with Crippen molar-refractivity contribution in [2.75, 3.05) is 7.05 Å². The lowest BCUT2D eigenvalue weighted by Gasteiger charge is -2.33. The summed E-state index contributed by atoms with van der Waals surface area (Å²) in [6.45, 7) is 0.446. The highest BCUT2D eigenvalue weighted by Gasteiger charge is 2.52. The minimum absolute atomic E-state index is 0.136. The van der Waals surface area contributed by atoms with Crippen molar-refractivity contribution in [3.05, 3.63) is 120 Å². The molecular formula is C38H38N4O3. The number of para-hydroxylation sites is 1. The third-order valence-electron chi connectivity index (χ3n) is 9.86. The molecule has 0 unspecified atom stereocenters. The molecule has 0 aliphatic heterocycles. The Labute approximate surface area is 263 Å². The highest BCUT2D eigenvalue weighted by Crippen LogP contribution is 2.48. The van der Waals surface area contributed by atoms with Crippen molar-refractivity contribution < 1.29 is 14.4 Å². The van der Waals surface area contributed by atoms with Gasteiger partial charge in [-0.1, -0.05) is 91.0 Å². The summed E-state index contributed by atoms with van der Waals surface area (Å²) in [6, 6.07) is 30.9. The number of carbonyl (C=O) groups is 3. The third-order valence-corrected chi connectivity index (χ3v) is 9.86. The second kappa shape index (κ2) is 12.2. The molecular weight excluding hydrogens is 560 g/mol. The number of aromatic nitrogens is 1. The molecule has 45 heavy (non-hydrogen) atoms. The van der Waals surface area contributed by atoms with E-state index in [1.807, 2.05) is 72.8 Å². The number of fused-ring (bicyclic) bond motifs is 4. The minimum atomic E-state index is -0.739. The molecule has 1 aromatic heterocycles. The molecule has 7 heteroatoms. The summed E-state index contributed by atoms with van der Waals surface area (Å²) >= 11 is 0. The number of nitrogens with one attached hydrogen (secondary N) is 3. The number of likely N-dealkylation sites (N-methyl/N-ethyl adjacent to an activating group) is 1. The van der Waals surface area contributed by atoms with E-state index < -0.39 is 6.04 Å². The van der Waals surface area contributed by atoms with E-state index in [0.717, 1.165) is 52.1 Å². The highest BCUT2D eigenvalue weighted by atomic mass is 16.2. The molecule has 2 aliphatic carbocycles. The number of rotatable bonds is 9. The summed E-state index contributed by atoms with van der Waals surface area (Å²) in [6.07, 6.45) is 4.98. The van der Waals surface area contributed by atoms with Gasteiger partial charge in [-0.05, 0) is 59.1 Å². The number of aromatic amines is 1. The Morgan fingerprint density at radius 1 is 0.844 bits per heavy atom. The van der Waals surface area contributed by atoms with Crippen LogP contribution in [0.2, 0.25) is 0 Å². The van der Waals surface area contributed by atoms with Crippen molar-refractivity contribution in [2.24, 2.45) is 17.8 Å². The zero-order chi connectivity index (χ0) is 30.9. The van der Waals surface area contributed by atoms with Crippen LogP contribution in [0.25, 0.3) is 21.7 Å². The van der Waals surface area contributed by atoms with E-state index in [4.69, 9.17) is 0 Å². The van der Waals surface area contributed by atoms with E-state index in [1.165, 1.54) is 0 Å². The maximum absolute atomic E-state index is 14.2. The molecule has 2 bridgehead atoms. The SMILES string of the molecule is CN(Cc1ccccc1)C(=O)[C@H](Cc1ccc2ccccc2c1)NC(=O)[C@H]1[C@H]2CC[C@H](C2)[C@H]1NC(=O)c1c[nH]c2ccccc12. The topological polar surface area (TPSA) is 94.3 Å². The van der Waals surface area contributed by atoms with Crippen LogP contribution >= 0.6 is 0 Å². The van der Waals surface area contributed by atoms with Gasteiger partial charge in [0.25, 0.3) is 5.91 Å². The van der Waals surface area contributed by atoms with E-state index in [9.17, 15) is 14.4 Å². The van der Waals surface area contributed by atoms with Gasteiger partial charge < -0.3 is 20.5 Å². The number of hydrogen-bond donors (Lipinski definition) is 3. The van der Waals surface area contributed by atoms with Crippen LogP contribution in [0.15, 0.2) is 103 Å². The highest BCUT2D eigenvalue weighted by molar-refractivity contribution is 6.07. The fraction of sp³-hybridized carbons (Fsp3) is 0.289. The molecule has 7 nitrogen and oxygen atoms in total. The minimum Gasteiger partial charge on any atom is -0.360 e. The summed E-state index contributed by atoms with van der Waals surface area (Å²) in [5, 5.41) is 9.52. The Morgan fingerprint density at radius 2 is 1.58 bits per heavy atom. The number of carbonyl (C=O) groups excluding carboxylic acids is 3. The number of hydrogen-bond acceptors (Lipinski definition) is 3. The standard InChI is InChI=1S/C38H38N4O3/c1-42(23-24-9-3-2-4-10-24)38(45)33(20-25-15-16-26-11-5-6-12-27(26)19-25)40-37(44)34-28-17-18-29(21-28)35(34)41-36(43)31-22-39-32-14-8-7-13-30(31)32/h2-16,19,22,28-29,33-35,39H,17-18,20-21,23H2,1H3,(H,40,44)(H,41,43)/t28-,29+,33-,34-,35+/m0/s1. The van der Waals surface area contributed by atoms with Gasteiger partial charge >= 0.3 is 0 Å². The van der Waals surface area contributed by atoms with E-state index in [-0.39, 0.29) is 41.5 Å². The summed E-state index contributed by atoms with van der Waals surface area (Å²) in [7, 11) is 1.79. The number of amides is 3. The molecule has 5 atom stereocenters. The summed E-state index contributed by atoms with van der Waals surface area (Å²) in [5.74, 6) is -0.419. The van der Waals surface area contributed by atoms with Gasteiger partial charge in [0.2, 0.25) is 11.8 Å². The predicted molar refractivity (Wildman–Crippen MR) is 176 cm³/mol. The van der Waals surface area contributed by atoms with Gasteiger partial charge in [-0.25, -0.2) is 0 Å². The average Bonchev–Trinajstić information content (AvgIpc) is 3.80. The van der Waals surface area contributed by atoms with E-state index in [1.54, 1.807) is 18.1 Å². The largest absolute Gasteiger partial charge is 0.360 e. The van der Waals surface area contributed by atoms with Gasteiger partial charge in [-0.3, -0.25) is 14.4 Å². The molecule has 1 heterocycles. The first-order valence-electron chi connectivity index (χ1n) is 15.9. The van der Waals surface area contributed by atoms with Crippen LogP contribution in [-0.2, 0) is 22.6 Å². The molecule has 4 aromatic carbocycles. The number of H-pyrrole nitrogens is 1. The number of nitrogens with zero attached hydrogens (tertiary/aromatic N) is 1. The quantitative estimate of drug-likeness (QED) is 0.199. The molecule has 7 rings (SSSR count). The third kappa shape index (κ3) is 5.82. The van der Waals surface area contributed by atoms with Crippen LogP contribution in [0.4, 0.5) is 0 Å². The Hall–Kier alpha value is -4.91. The van der Waals surface area contributed by atoms with Crippen LogP contribution in [0, 0.1) is 17.8 Å². The van der Waals surface area contributed by atoms with Gasteiger partial charge in [-0.2, -0.15) is 0 Å². The van der Waals surface area contributed by atoms with Crippen molar-refractivity contribution >= 4 is 39.4 Å². The first-order valence-corrected chi connectivity index (χ1v) is 15.9.